The van der Waals surface area contributed by atoms with Gasteiger partial charge in [0, 0.05) is 50.6 Å². The van der Waals surface area contributed by atoms with Gasteiger partial charge in [-0.25, -0.2) is 4.98 Å². The molecule has 5 heteroatoms. The second-order valence-electron chi connectivity index (χ2n) is 6.34. The van der Waals surface area contributed by atoms with Crippen LogP contribution in [0.2, 0.25) is 0 Å². The number of likely N-dealkylation sites (tertiary alicyclic amines) is 1. The van der Waals surface area contributed by atoms with Crippen molar-refractivity contribution in [3.63, 3.8) is 0 Å². The molecule has 2 aromatic heterocycles. The molecule has 0 saturated carbocycles. The minimum atomic E-state index is -0.0381. The van der Waals surface area contributed by atoms with E-state index in [9.17, 15) is 0 Å². The fourth-order valence-electron chi connectivity index (χ4n) is 3.53. The van der Waals surface area contributed by atoms with Crippen LogP contribution in [0.4, 0.5) is 0 Å². The molecule has 2 saturated heterocycles. The SMILES string of the molecule is c1ccc(CN2CC3(C2)OCCC3COc2ccccn2)nc1. The van der Waals surface area contributed by atoms with Crippen molar-refractivity contribution in [1.82, 2.24) is 14.9 Å². The second-order valence-corrected chi connectivity index (χ2v) is 6.34. The third-order valence-electron chi connectivity index (χ3n) is 4.76. The average molecular weight is 311 g/mol. The zero-order valence-electron chi connectivity index (χ0n) is 13.1. The zero-order valence-corrected chi connectivity index (χ0v) is 13.1. The lowest BCUT2D eigenvalue weighted by Crippen LogP contribution is -2.64. The van der Waals surface area contributed by atoms with Crippen molar-refractivity contribution in [3.05, 3.63) is 54.5 Å². The molecule has 120 valence electrons. The van der Waals surface area contributed by atoms with Crippen LogP contribution in [0.15, 0.2) is 48.8 Å². The minimum absolute atomic E-state index is 0.0381. The van der Waals surface area contributed by atoms with Crippen LogP contribution in [0.5, 0.6) is 5.88 Å². The van der Waals surface area contributed by atoms with E-state index in [0.717, 1.165) is 38.4 Å². The van der Waals surface area contributed by atoms with Crippen molar-refractivity contribution in [2.24, 2.45) is 5.92 Å². The van der Waals surface area contributed by atoms with Gasteiger partial charge in [0.25, 0.3) is 0 Å². The Morgan fingerprint density at radius 2 is 1.96 bits per heavy atom. The van der Waals surface area contributed by atoms with E-state index in [1.54, 1.807) is 6.20 Å². The topological polar surface area (TPSA) is 47.5 Å². The molecule has 0 aromatic carbocycles. The number of pyridine rings is 2. The molecule has 4 heterocycles. The molecule has 0 radical (unpaired) electrons. The van der Waals surface area contributed by atoms with Crippen LogP contribution < -0.4 is 4.74 Å². The van der Waals surface area contributed by atoms with Gasteiger partial charge < -0.3 is 9.47 Å². The molecule has 0 aliphatic carbocycles. The van der Waals surface area contributed by atoms with Gasteiger partial charge in [-0.2, -0.15) is 0 Å². The lowest BCUT2D eigenvalue weighted by Gasteiger charge is -2.50. The maximum absolute atomic E-state index is 6.08. The molecule has 5 nitrogen and oxygen atoms in total. The van der Waals surface area contributed by atoms with Crippen LogP contribution in [-0.4, -0.2) is 46.8 Å². The predicted octanol–water partition coefficient (Wildman–Crippen LogP) is 2.15. The molecule has 2 fully saturated rings. The number of aromatic nitrogens is 2. The standard InChI is InChI=1S/C18H21N3O2/c1-3-8-19-16(5-1)11-21-13-18(14-21)15(7-10-23-18)12-22-17-6-2-4-9-20-17/h1-6,8-9,15H,7,10-14H2. The summed E-state index contributed by atoms with van der Waals surface area (Å²) < 4.78 is 11.9. The summed E-state index contributed by atoms with van der Waals surface area (Å²) in [5.74, 6) is 1.13. The van der Waals surface area contributed by atoms with E-state index in [4.69, 9.17) is 9.47 Å². The van der Waals surface area contributed by atoms with Gasteiger partial charge in [0.15, 0.2) is 0 Å². The van der Waals surface area contributed by atoms with Crippen molar-refractivity contribution in [2.45, 2.75) is 18.6 Å². The van der Waals surface area contributed by atoms with E-state index >= 15 is 0 Å². The first kappa shape index (κ1) is 14.6. The Hall–Kier alpha value is -1.98. The van der Waals surface area contributed by atoms with Crippen LogP contribution >= 0.6 is 0 Å². The molecule has 2 aromatic rings. The third kappa shape index (κ3) is 3.07. The first-order valence-corrected chi connectivity index (χ1v) is 8.14. The maximum Gasteiger partial charge on any atom is 0.213 e. The second kappa shape index (κ2) is 6.26. The molecule has 1 atom stereocenters. The Labute approximate surface area is 136 Å². The Morgan fingerprint density at radius 3 is 2.70 bits per heavy atom. The Kier molecular flexibility index (Phi) is 3.97. The molecule has 23 heavy (non-hydrogen) atoms. The lowest BCUT2D eigenvalue weighted by atomic mass is 9.81. The van der Waals surface area contributed by atoms with Crippen LogP contribution in [0, 0.1) is 5.92 Å². The first-order chi connectivity index (χ1) is 11.3. The molecular weight excluding hydrogens is 290 g/mol. The molecule has 0 bridgehead atoms. The fraction of sp³-hybridized carbons (Fsp3) is 0.444. The summed E-state index contributed by atoms with van der Waals surface area (Å²) in [4.78, 5) is 11.0. The van der Waals surface area contributed by atoms with Crippen molar-refractivity contribution < 1.29 is 9.47 Å². The summed E-state index contributed by atoms with van der Waals surface area (Å²) in [5, 5.41) is 0. The van der Waals surface area contributed by atoms with Gasteiger partial charge in [-0.05, 0) is 24.6 Å². The molecule has 0 N–H and O–H groups in total. The molecule has 1 unspecified atom stereocenters. The van der Waals surface area contributed by atoms with Crippen LogP contribution in [-0.2, 0) is 11.3 Å². The largest absolute Gasteiger partial charge is 0.477 e. The van der Waals surface area contributed by atoms with Crippen LogP contribution in [0.3, 0.4) is 0 Å². The van der Waals surface area contributed by atoms with Crippen LogP contribution in [0.1, 0.15) is 12.1 Å². The Balaban J connectivity index is 1.32. The van der Waals surface area contributed by atoms with Gasteiger partial charge in [0.2, 0.25) is 5.88 Å². The summed E-state index contributed by atoms with van der Waals surface area (Å²) in [7, 11) is 0. The van der Waals surface area contributed by atoms with Gasteiger partial charge in [-0.15, -0.1) is 0 Å². The third-order valence-corrected chi connectivity index (χ3v) is 4.76. The zero-order chi connectivity index (χ0) is 15.5. The minimum Gasteiger partial charge on any atom is -0.477 e. The maximum atomic E-state index is 6.08. The summed E-state index contributed by atoms with van der Waals surface area (Å²) >= 11 is 0. The van der Waals surface area contributed by atoms with E-state index in [0.29, 0.717) is 18.4 Å². The average Bonchev–Trinajstić information content (AvgIpc) is 2.98. The van der Waals surface area contributed by atoms with E-state index in [1.165, 1.54) is 0 Å². The van der Waals surface area contributed by atoms with Gasteiger partial charge in [-0.1, -0.05) is 12.1 Å². The van der Waals surface area contributed by atoms with Gasteiger partial charge in [-0.3, -0.25) is 9.88 Å². The molecule has 2 aliphatic heterocycles. The number of nitrogens with zero attached hydrogens (tertiary/aromatic N) is 3. The molecule has 0 amide bonds. The smallest absolute Gasteiger partial charge is 0.213 e. The predicted molar refractivity (Wildman–Crippen MR) is 86.0 cm³/mol. The molecule has 1 spiro atoms. The Bertz CT molecular complexity index is 629. The van der Waals surface area contributed by atoms with E-state index in [1.807, 2.05) is 36.5 Å². The van der Waals surface area contributed by atoms with E-state index in [2.05, 4.69) is 20.9 Å². The number of ether oxygens (including phenoxy) is 2. The summed E-state index contributed by atoms with van der Waals surface area (Å²) in [5.41, 5.74) is 1.07. The monoisotopic (exact) mass is 311 g/mol. The molecular formula is C18H21N3O2. The van der Waals surface area contributed by atoms with Gasteiger partial charge in [0.05, 0.1) is 17.9 Å². The normalized spacial score (nSPS) is 22.9. The highest BCUT2D eigenvalue weighted by molar-refractivity contribution is 5.12. The molecule has 4 rings (SSSR count). The number of rotatable bonds is 5. The highest BCUT2D eigenvalue weighted by atomic mass is 16.5. The quantitative estimate of drug-likeness (QED) is 0.847. The van der Waals surface area contributed by atoms with Crippen molar-refractivity contribution >= 4 is 0 Å². The lowest BCUT2D eigenvalue weighted by molar-refractivity contribution is -0.141. The van der Waals surface area contributed by atoms with Crippen molar-refractivity contribution in [2.75, 3.05) is 26.3 Å². The van der Waals surface area contributed by atoms with Crippen LogP contribution in [0.25, 0.3) is 0 Å². The van der Waals surface area contributed by atoms with Gasteiger partial charge in [0.1, 0.15) is 0 Å². The van der Waals surface area contributed by atoms with E-state index < -0.39 is 0 Å². The Morgan fingerprint density at radius 1 is 1.13 bits per heavy atom. The summed E-state index contributed by atoms with van der Waals surface area (Å²) in [6, 6.07) is 11.8. The first-order valence-electron chi connectivity index (χ1n) is 8.14. The number of hydrogen-bond donors (Lipinski definition) is 0. The highest BCUT2D eigenvalue weighted by Crippen LogP contribution is 2.40. The van der Waals surface area contributed by atoms with Crippen molar-refractivity contribution in [3.8, 4) is 5.88 Å². The highest BCUT2D eigenvalue weighted by Gasteiger charge is 2.53. The van der Waals surface area contributed by atoms with Gasteiger partial charge >= 0.3 is 0 Å². The number of hydrogen-bond acceptors (Lipinski definition) is 5. The fourth-order valence-corrected chi connectivity index (χ4v) is 3.53. The molecule has 2 aliphatic rings. The summed E-state index contributed by atoms with van der Waals surface area (Å²) in [6.45, 7) is 4.31. The van der Waals surface area contributed by atoms with E-state index in [-0.39, 0.29) is 5.60 Å². The van der Waals surface area contributed by atoms with Crippen molar-refractivity contribution in [1.29, 1.82) is 0 Å². The summed E-state index contributed by atoms with van der Waals surface area (Å²) in [6.07, 6.45) is 4.67.